The molecule has 1 amide bonds. The maximum absolute atomic E-state index is 12.8. The molecule has 1 rings (SSSR count). The summed E-state index contributed by atoms with van der Waals surface area (Å²) in [7, 11) is 1.67. The van der Waals surface area contributed by atoms with E-state index in [0.29, 0.717) is 11.6 Å². The minimum absolute atomic E-state index is 0. The standard InChI is InChI=1S/C17H27FN4O.HI/c1-13(2)6-4-5-11-20-17(19-3)21-12-16(23)22-15-9-7-14(18)8-10-15;/h7-10,13H,4-6,11-12H2,1-3H3,(H,22,23)(H2,19,20,21);1H. The maximum atomic E-state index is 12.8. The predicted molar refractivity (Wildman–Crippen MR) is 108 cm³/mol. The lowest BCUT2D eigenvalue weighted by molar-refractivity contribution is -0.115. The largest absolute Gasteiger partial charge is 0.356 e. The summed E-state index contributed by atoms with van der Waals surface area (Å²) < 4.78 is 12.8. The number of benzene rings is 1. The Bertz CT molecular complexity index is 506. The first-order valence-corrected chi connectivity index (χ1v) is 8.01. The first kappa shape index (κ1) is 22.6. The van der Waals surface area contributed by atoms with Gasteiger partial charge in [-0.1, -0.05) is 26.7 Å². The van der Waals surface area contributed by atoms with Crippen LogP contribution in [0.5, 0.6) is 0 Å². The van der Waals surface area contributed by atoms with E-state index in [4.69, 9.17) is 0 Å². The smallest absolute Gasteiger partial charge is 0.243 e. The number of hydrogen-bond donors (Lipinski definition) is 3. The predicted octanol–water partition coefficient (Wildman–Crippen LogP) is 3.37. The fourth-order valence-corrected chi connectivity index (χ4v) is 2.01. The van der Waals surface area contributed by atoms with E-state index < -0.39 is 0 Å². The molecule has 0 aliphatic carbocycles. The van der Waals surface area contributed by atoms with Gasteiger partial charge in [-0.25, -0.2) is 4.39 Å². The molecule has 3 N–H and O–H groups in total. The summed E-state index contributed by atoms with van der Waals surface area (Å²) in [5, 5.41) is 8.82. The van der Waals surface area contributed by atoms with Crippen molar-refractivity contribution in [3.63, 3.8) is 0 Å². The summed E-state index contributed by atoms with van der Waals surface area (Å²) in [4.78, 5) is 15.9. The van der Waals surface area contributed by atoms with Crippen LogP contribution in [0.3, 0.4) is 0 Å². The SMILES string of the molecule is CN=C(NCCCCC(C)C)NCC(=O)Nc1ccc(F)cc1.I. The highest BCUT2D eigenvalue weighted by Crippen LogP contribution is 2.07. The fraction of sp³-hybridized carbons (Fsp3) is 0.529. The van der Waals surface area contributed by atoms with Crippen LogP contribution in [0.15, 0.2) is 29.3 Å². The minimum Gasteiger partial charge on any atom is -0.356 e. The average Bonchev–Trinajstić information content (AvgIpc) is 2.52. The third kappa shape index (κ3) is 10.4. The van der Waals surface area contributed by atoms with E-state index in [9.17, 15) is 9.18 Å². The van der Waals surface area contributed by atoms with Gasteiger partial charge in [-0.15, -0.1) is 24.0 Å². The van der Waals surface area contributed by atoms with Crippen molar-refractivity contribution in [2.45, 2.75) is 33.1 Å². The number of aliphatic imine (C=N–C) groups is 1. The zero-order valence-electron chi connectivity index (χ0n) is 14.6. The van der Waals surface area contributed by atoms with Gasteiger partial charge in [-0.3, -0.25) is 9.79 Å². The van der Waals surface area contributed by atoms with Crippen LogP contribution in [-0.2, 0) is 4.79 Å². The van der Waals surface area contributed by atoms with Crippen LogP contribution in [0.2, 0.25) is 0 Å². The number of hydrogen-bond acceptors (Lipinski definition) is 2. The summed E-state index contributed by atoms with van der Waals surface area (Å²) in [6.07, 6.45) is 3.46. The molecule has 0 spiro atoms. The van der Waals surface area contributed by atoms with Crippen LogP contribution >= 0.6 is 24.0 Å². The first-order valence-electron chi connectivity index (χ1n) is 8.01. The van der Waals surface area contributed by atoms with Crippen LogP contribution in [0.25, 0.3) is 0 Å². The first-order chi connectivity index (χ1) is 11.0. The molecule has 5 nitrogen and oxygen atoms in total. The Kier molecular flexibility index (Phi) is 12.2. The fourth-order valence-electron chi connectivity index (χ4n) is 2.01. The second-order valence-electron chi connectivity index (χ2n) is 5.80. The zero-order valence-corrected chi connectivity index (χ0v) is 16.9. The third-order valence-corrected chi connectivity index (χ3v) is 3.27. The van der Waals surface area contributed by atoms with Crippen molar-refractivity contribution in [2.75, 3.05) is 25.5 Å². The van der Waals surface area contributed by atoms with Crippen molar-refractivity contribution in [2.24, 2.45) is 10.9 Å². The van der Waals surface area contributed by atoms with E-state index in [1.807, 2.05) is 0 Å². The molecule has 0 radical (unpaired) electrons. The number of unbranched alkanes of at least 4 members (excludes halogenated alkanes) is 1. The van der Waals surface area contributed by atoms with Gasteiger partial charge in [-0.2, -0.15) is 0 Å². The monoisotopic (exact) mass is 450 g/mol. The van der Waals surface area contributed by atoms with Crippen molar-refractivity contribution in [3.8, 4) is 0 Å². The van der Waals surface area contributed by atoms with Gasteiger partial charge in [-0.05, 0) is 36.6 Å². The second-order valence-corrected chi connectivity index (χ2v) is 5.80. The number of carbonyl (C=O) groups is 1. The quantitative estimate of drug-likeness (QED) is 0.246. The van der Waals surface area contributed by atoms with Gasteiger partial charge >= 0.3 is 0 Å². The van der Waals surface area contributed by atoms with E-state index in [1.54, 1.807) is 7.05 Å². The average molecular weight is 450 g/mol. The number of nitrogens with one attached hydrogen (secondary N) is 3. The van der Waals surface area contributed by atoms with Crippen LogP contribution in [0, 0.1) is 11.7 Å². The summed E-state index contributed by atoms with van der Waals surface area (Å²) in [5.41, 5.74) is 0.565. The number of amides is 1. The van der Waals surface area contributed by atoms with Crippen molar-refractivity contribution < 1.29 is 9.18 Å². The van der Waals surface area contributed by atoms with Gasteiger partial charge < -0.3 is 16.0 Å². The number of rotatable bonds is 8. The number of anilines is 1. The Morgan fingerprint density at radius 1 is 1.17 bits per heavy atom. The topological polar surface area (TPSA) is 65.5 Å². The molecule has 0 aromatic heterocycles. The van der Waals surface area contributed by atoms with E-state index >= 15 is 0 Å². The molecule has 7 heteroatoms. The highest BCUT2D eigenvalue weighted by atomic mass is 127. The van der Waals surface area contributed by atoms with E-state index in [1.165, 1.54) is 37.1 Å². The molecule has 0 heterocycles. The third-order valence-electron chi connectivity index (χ3n) is 3.27. The van der Waals surface area contributed by atoms with Crippen LogP contribution in [0.1, 0.15) is 33.1 Å². The van der Waals surface area contributed by atoms with Crippen molar-refractivity contribution in [3.05, 3.63) is 30.1 Å². The lowest BCUT2D eigenvalue weighted by atomic mass is 10.1. The van der Waals surface area contributed by atoms with E-state index in [-0.39, 0.29) is 42.2 Å². The summed E-state index contributed by atoms with van der Waals surface area (Å²) in [5.74, 6) is 0.786. The van der Waals surface area contributed by atoms with E-state index in [0.717, 1.165) is 18.9 Å². The molecule has 0 aliphatic rings. The Balaban J connectivity index is 0.00000529. The Hall–Kier alpha value is -1.38. The Morgan fingerprint density at radius 3 is 2.42 bits per heavy atom. The molecule has 0 atom stereocenters. The highest BCUT2D eigenvalue weighted by molar-refractivity contribution is 14.0. The lowest BCUT2D eigenvalue weighted by Crippen LogP contribution is -2.41. The Labute approximate surface area is 160 Å². The molecule has 136 valence electrons. The molecular weight excluding hydrogens is 422 g/mol. The second kappa shape index (κ2) is 13.0. The molecule has 0 fully saturated rings. The summed E-state index contributed by atoms with van der Waals surface area (Å²) in [6, 6.07) is 5.66. The van der Waals surface area contributed by atoms with Crippen LogP contribution in [-0.4, -0.2) is 32.0 Å². The molecule has 0 unspecified atom stereocenters. The van der Waals surface area contributed by atoms with Gasteiger partial charge in [0.1, 0.15) is 5.82 Å². The maximum Gasteiger partial charge on any atom is 0.243 e. The van der Waals surface area contributed by atoms with Crippen molar-refractivity contribution in [1.29, 1.82) is 0 Å². The van der Waals surface area contributed by atoms with Gasteiger partial charge in [0, 0.05) is 19.3 Å². The normalized spacial score (nSPS) is 11.0. The van der Waals surface area contributed by atoms with Crippen LogP contribution in [0.4, 0.5) is 10.1 Å². The van der Waals surface area contributed by atoms with Gasteiger partial charge in [0.25, 0.3) is 0 Å². The lowest BCUT2D eigenvalue weighted by Gasteiger charge is -2.12. The highest BCUT2D eigenvalue weighted by Gasteiger charge is 2.04. The van der Waals surface area contributed by atoms with Gasteiger partial charge in [0.2, 0.25) is 5.91 Å². The van der Waals surface area contributed by atoms with E-state index in [2.05, 4.69) is 34.8 Å². The summed E-state index contributed by atoms with van der Waals surface area (Å²) >= 11 is 0. The number of carbonyl (C=O) groups excluding carboxylic acids is 1. The zero-order chi connectivity index (χ0) is 17.1. The molecule has 0 aliphatic heterocycles. The Morgan fingerprint density at radius 2 is 1.83 bits per heavy atom. The van der Waals surface area contributed by atoms with Gasteiger partial charge in [0.15, 0.2) is 5.96 Å². The van der Waals surface area contributed by atoms with Crippen molar-refractivity contribution in [1.82, 2.24) is 10.6 Å². The minimum atomic E-state index is -0.330. The molecular formula is C17H28FIN4O. The number of nitrogens with zero attached hydrogens (tertiary/aromatic N) is 1. The van der Waals surface area contributed by atoms with Gasteiger partial charge in [0.05, 0.1) is 6.54 Å². The molecule has 0 saturated heterocycles. The van der Waals surface area contributed by atoms with Crippen molar-refractivity contribution >= 4 is 41.5 Å². The number of guanidine groups is 1. The number of halogens is 2. The molecule has 1 aromatic carbocycles. The molecule has 1 aromatic rings. The molecule has 0 saturated carbocycles. The van der Waals surface area contributed by atoms with Crippen LogP contribution < -0.4 is 16.0 Å². The molecule has 0 bridgehead atoms. The summed E-state index contributed by atoms with van der Waals surface area (Å²) in [6.45, 7) is 5.36. The molecule has 24 heavy (non-hydrogen) atoms.